The molecule has 0 saturated carbocycles. The summed E-state index contributed by atoms with van der Waals surface area (Å²) < 4.78 is 16.4. The van der Waals surface area contributed by atoms with Gasteiger partial charge in [0, 0.05) is 20.3 Å². The van der Waals surface area contributed by atoms with Crippen molar-refractivity contribution < 1.29 is 14.2 Å². The van der Waals surface area contributed by atoms with Crippen LogP contribution in [0.25, 0.3) is 0 Å². The maximum atomic E-state index is 5.83. The summed E-state index contributed by atoms with van der Waals surface area (Å²) in [5, 5.41) is 3.35. The quantitative estimate of drug-likeness (QED) is 0.633. The minimum Gasteiger partial charge on any atom is -0.494 e. The van der Waals surface area contributed by atoms with Gasteiger partial charge in [-0.1, -0.05) is 6.92 Å². The third-order valence-electron chi connectivity index (χ3n) is 2.77. The first kappa shape index (κ1) is 16.8. The number of rotatable bonds is 11. The predicted octanol–water partition coefficient (Wildman–Crippen LogP) is 2.87. The molecule has 20 heavy (non-hydrogen) atoms. The second-order valence-corrected chi connectivity index (χ2v) is 4.80. The summed E-state index contributed by atoms with van der Waals surface area (Å²) in [4.78, 5) is 0. The summed E-state index contributed by atoms with van der Waals surface area (Å²) >= 11 is 0. The van der Waals surface area contributed by atoms with Gasteiger partial charge in [-0.15, -0.1) is 0 Å². The molecule has 1 atom stereocenters. The average molecular weight is 281 g/mol. The van der Waals surface area contributed by atoms with Crippen LogP contribution in [0.2, 0.25) is 0 Å². The third-order valence-corrected chi connectivity index (χ3v) is 2.77. The number of hydrogen-bond donors (Lipinski definition) is 1. The Balaban J connectivity index is 2.22. The molecular weight excluding hydrogens is 254 g/mol. The molecule has 0 aromatic heterocycles. The monoisotopic (exact) mass is 281 g/mol. The highest BCUT2D eigenvalue weighted by atomic mass is 16.5. The van der Waals surface area contributed by atoms with Crippen LogP contribution in [0.4, 0.5) is 0 Å². The smallest absolute Gasteiger partial charge is 0.120 e. The standard InChI is InChI=1S/C16H27NO3/c1-4-11-19-15-6-8-16(9-7-15)20-14(2)13-17-10-5-12-18-3/h6-9,14,17H,4-5,10-13H2,1-3H3. The Bertz CT molecular complexity index is 340. The molecule has 0 amide bonds. The second-order valence-electron chi connectivity index (χ2n) is 4.80. The van der Waals surface area contributed by atoms with Gasteiger partial charge in [0.05, 0.1) is 6.61 Å². The van der Waals surface area contributed by atoms with Crippen LogP contribution < -0.4 is 14.8 Å². The van der Waals surface area contributed by atoms with E-state index in [1.54, 1.807) is 7.11 Å². The summed E-state index contributed by atoms with van der Waals surface area (Å²) in [6, 6.07) is 7.80. The Morgan fingerprint density at radius 2 is 1.80 bits per heavy atom. The van der Waals surface area contributed by atoms with Gasteiger partial charge in [0.15, 0.2) is 0 Å². The highest BCUT2D eigenvalue weighted by molar-refractivity contribution is 5.31. The number of benzene rings is 1. The van der Waals surface area contributed by atoms with E-state index >= 15 is 0 Å². The van der Waals surface area contributed by atoms with Crippen LogP contribution in [-0.4, -0.2) is 39.5 Å². The molecule has 1 aromatic carbocycles. The van der Waals surface area contributed by atoms with Gasteiger partial charge in [0.25, 0.3) is 0 Å². The van der Waals surface area contributed by atoms with Gasteiger partial charge in [-0.25, -0.2) is 0 Å². The van der Waals surface area contributed by atoms with Crippen LogP contribution in [0.3, 0.4) is 0 Å². The van der Waals surface area contributed by atoms with Crippen molar-refractivity contribution >= 4 is 0 Å². The molecule has 0 spiro atoms. The van der Waals surface area contributed by atoms with Crippen LogP contribution in [0, 0.1) is 0 Å². The fraction of sp³-hybridized carbons (Fsp3) is 0.625. The molecule has 0 aliphatic heterocycles. The van der Waals surface area contributed by atoms with Gasteiger partial charge in [0.1, 0.15) is 17.6 Å². The Morgan fingerprint density at radius 1 is 1.10 bits per heavy atom. The van der Waals surface area contributed by atoms with Crippen LogP contribution in [-0.2, 0) is 4.74 Å². The maximum absolute atomic E-state index is 5.83. The molecule has 0 saturated heterocycles. The predicted molar refractivity (Wildman–Crippen MR) is 81.7 cm³/mol. The molecule has 1 N–H and O–H groups in total. The van der Waals surface area contributed by atoms with Gasteiger partial charge in [-0.3, -0.25) is 0 Å². The highest BCUT2D eigenvalue weighted by Gasteiger charge is 2.03. The fourth-order valence-corrected chi connectivity index (χ4v) is 1.76. The van der Waals surface area contributed by atoms with Crippen molar-refractivity contribution in [3.63, 3.8) is 0 Å². The van der Waals surface area contributed by atoms with Crippen molar-refractivity contribution in [2.45, 2.75) is 32.8 Å². The molecule has 0 aliphatic carbocycles. The van der Waals surface area contributed by atoms with E-state index in [0.717, 1.165) is 50.6 Å². The van der Waals surface area contributed by atoms with Crippen molar-refractivity contribution in [2.75, 3.05) is 33.4 Å². The largest absolute Gasteiger partial charge is 0.494 e. The minimum absolute atomic E-state index is 0.139. The lowest BCUT2D eigenvalue weighted by Gasteiger charge is -2.16. The molecule has 0 radical (unpaired) electrons. The van der Waals surface area contributed by atoms with E-state index in [-0.39, 0.29) is 6.10 Å². The SMILES string of the molecule is CCCOc1ccc(OC(C)CNCCCOC)cc1. The molecule has 4 nitrogen and oxygen atoms in total. The Hall–Kier alpha value is -1.26. The molecule has 1 rings (SSSR count). The van der Waals surface area contributed by atoms with E-state index in [2.05, 4.69) is 19.2 Å². The van der Waals surface area contributed by atoms with Gasteiger partial charge in [0.2, 0.25) is 0 Å². The van der Waals surface area contributed by atoms with Crippen LogP contribution in [0.5, 0.6) is 11.5 Å². The fourth-order valence-electron chi connectivity index (χ4n) is 1.76. The van der Waals surface area contributed by atoms with Crippen LogP contribution >= 0.6 is 0 Å². The number of ether oxygens (including phenoxy) is 3. The maximum Gasteiger partial charge on any atom is 0.120 e. The summed E-state index contributed by atoms with van der Waals surface area (Å²) in [7, 11) is 1.72. The van der Waals surface area contributed by atoms with Crippen LogP contribution in [0.15, 0.2) is 24.3 Å². The van der Waals surface area contributed by atoms with Gasteiger partial charge in [-0.2, -0.15) is 0 Å². The van der Waals surface area contributed by atoms with Gasteiger partial charge < -0.3 is 19.5 Å². The minimum atomic E-state index is 0.139. The van der Waals surface area contributed by atoms with E-state index in [0.29, 0.717) is 0 Å². The Morgan fingerprint density at radius 3 is 2.45 bits per heavy atom. The molecule has 0 fully saturated rings. The molecule has 114 valence electrons. The Kier molecular flexibility index (Phi) is 8.83. The first-order valence-electron chi connectivity index (χ1n) is 7.35. The summed E-state index contributed by atoms with van der Waals surface area (Å²) in [5.74, 6) is 1.77. The zero-order valence-electron chi connectivity index (χ0n) is 12.9. The lowest BCUT2D eigenvalue weighted by atomic mass is 10.3. The third kappa shape index (κ3) is 7.36. The molecule has 0 bridgehead atoms. The van der Waals surface area contributed by atoms with Crippen molar-refractivity contribution in [1.82, 2.24) is 5.32 Å². The molecule has 0 heterocycles. The topological polar surface area (TPSA) is 39.7 Å². The van der Waals surface area contributed by atoms with Crippen molar-refractivity contribution in [3.8, 4) is 11.5 Å². The highest BCUT2D eigenvalue weighted by Crippen LogP contribution is 2.18. The van der Waals surface area contributed by atoms with Crippen molar-refractivity contribution in [2.24, 2.45) is 0 Å². The number of nitrogens with one attached hydrogen (secondary N) is 1. The van der Waals surface area contributed by atoms with Crippen molar-refractivity contribution in [1.29, 1.82) is 0 Å². The van der Waals surface area contributed by atoms with Gasteiger partial charge >= 0.3 is 0 Å². The zero-order chi connectivity index (χ0) is 14.6. The molecule has 1 aromatic rings. The van der Waals surface area contributed by atoms with Crippen LogP contribution in [0.1, 0.15) is 26.7 Å². The summed E-state index contributed by atoms with van der Waals surface area (Å²) in [5.41, 5.74) is 0. The lowest BCUT2D eigenvalue weighted by molar-refractivity contribution is 0.188. The number of methoxy groups -OCH3 is 1. The molecule has 1 unspecified atom stereocenters. The molecule has 4 heteroatoms. The first-order valence-corrected chi connectivity index (χ1v) is 7.35. The average Bonchev–Trinajstić information content (AvgIpc) is 2.46. The van der Waals surface area contributed by atoms with E-state index in [1.165, 1.54) is 0 Å². The van der Waals surface area contributed by atoms with Gasteiger partial charge in [-0.05, 0) is 50.6 Å². The van der Waals surface area contributed by atoms with Crippen molar-refractivity contribution in [3.05, 3.63) is 24.3 Å². The normalized spacial score (nSPS) is 12.2. The Labute approximate surface area is 122 Å². The summed E-state index contributed by atoms with van der Waals surface area (Å²) in [6.07, 6.45) is 2.18. The molecule has 0 aliphatic rings. The van der Waals surface area contributed by atoms with E-state index < -0.39 is 0 Å². The first-order chi connectivity index (χ1) is 9.76. The zero-order valence-corrected chi connectivity index (χ0v) is 12.9. The van der Waals surface area contributed by atoms with E-state index in [4.69, 9.17) is 14.2 Å². The molecular formula is C16H27NO3. The van der Waals surface area contributed by atoms with E-state index in [9.17, 15) is 0 Å². The number of hydrogen-bond acceptors (Lipinski definition) is 4. The lowest BCUT2D eigenvalue weighted by Crippen LogP contribution is -2.30. The summed E-state index contributed by atoms with van der Waals surface area (Å²) in [6.45, 7) is 7.48. The second kappa shape index (κ2) is 10.5. The van der Waals surface area contributed by atoms with E-state index in [1.807, 2.05) is 24.3 Å².